The van der Waals surface area contributed by atoms with Crippen LogP contribution in [-0.2, 0) is 4.79 Å². The topological polar surface area (TPSA) is 85.4 Å². The van der Waals surface area contributed by atoms with Crippen LogP contribution in [0.5, 0.6) is 5.75 Å². The van der Waals surface area contributed by atoms with E-state index < -0.39 is 5.97 Å². The van der Waals surface area contributed by atoms with Gasteiger partial charge >= 0.3 is 5.97 Å². The molecule has 0 bridgehead atoms. The van der Waals surface area contributed by atoms with Crippen molar-refractivity contribution in [2.75, 3.05) is 13.2 Å². The minimum Gasteiger partial charge on any atom is -0.487 e. The smallest absolute Gasteiger partial charge is 0.328 e. The molecule has 0 saturated heterocycles. The Hall–Kier alpha value is -1.92. The molecule has 0 aliphatic rings. The van der Waals surface area contributed by atoms with Gasteiger partial charge in [-0.05, 0) is 18.2 Å². The lowest BCUT2D eigenvalue weighted by molar-refractivity contribution is -0.131. The number of rotatable bonds is 6. The van der Waals surface area contributed by atoms with Gasteiger partial charge in [0.1, 0.15) is 12.4 Å². The van der Waals surface area contributed by atoms with Crippen molar-refractivity contribution in [1.82, 2.24) is 4.98 Å². The fourth-order valence-corrected chi connectivity index (χ4v) is 1.04. The summed E-state index contributed by atoms with van der Waals surface area (Å²) >= 11 is 0. The first-order valence-corrected chi connectivity index (χ1v) is 5.13. The second kappa shape index (κ2) is 9.07. The summed E-state index contributed by atoms with van der Waals surface area (Å²) in [5, 5.41) is 8.44. The van der Waals surface area contributed by atoms with Crippen LogP contribution in [0.4, 0.5) is 4.39 Å². The van der Waals surface area contributed by atoms with Crippen LogP contribution in [0, 0.1) is 0 Å². The van der Waals surface area contributed by atoms with E-state index in [9.17, 15) is 9.18 Å². The number of ether oxygens (including phenoxy) is 1. The number of pyridine rings is 1. The monoisotopic (exact) mass is 288 g/mol. The van der Waals surface area contributed by atoms with Crippen molar-refractivity contribution in [2.45, 2.75) is 0 Å². The standard InChI is InChI=1S/C12H13FN2O3.ClH/c13-5-9(6-14)8-18-11-3-1-10(15-7-11)2-4-12(16)17;/h1-5,7H,6,8,14H2,(H,16,17);1H/b4-2+,9-5?;. The predicted octanol–water partition coefficient (Wildman–Crippen LogP) is 1.79. The molecule has 1 aromatic rings. The van der Waals surface area contributed by atoms with Crippen molar-refractivity contribution in [2.24, 2.45) is 5.73 Å². The average molecular weight is 289 g/mol. The zero-order valence-corrected chi connectivity index (χ0v) is 10.8. The van der Waals surface area contributed by atoms with Crippen LogP contribution >= 0.6 is 12.4 Å². The SMILES string of the molecule is Cl.NCC(=CF)COc1ccc(/C=C/C(=O)O)nc1. The van der Waals surface area contributed by atoms with Gasteiger partial charge in [0.2, 0.25) is 0 Å². The van der Waals surface area contributed by atoms with Crippen LogP contribution in [0.2, 0.25) is 0 Å². The Morgan fingerprint density at radius 1 is 1.53 bits per heavy atom. The summed E-state index contributed by atoms with van der Waals surface area (Å²) < 4.78 is 17.4. The van der Waals surface area contributed by atoms with Crippen molar-refractivity contribution >= 4 is 24.5 Å². The third-order valence-electron chi connectivity index (χ3n) is 2.00. The minimum atomic E-state index is -1.04. The molecule has 0 aliphatic carbocycles. The van der Waals surface area contributed by atoms with Crippen LogP contribution in [0.3, 0.4) is 0 Å². The van der Waals surface area contributed by atoms with E-state index in [4.69, 9.17) is 15.6 Å². The highest BCUT2D eigenvalue weighted by Gasteiger charge is 1.98. The van der Waals surface area contributed by atoms with Gasteiger partial charge in [-0.2, -0.15) is 0 Å². The Labute approximate surface area is 116 Å². The molecule has 104 valence electrons. The van der Waals surface area contributed by atoms with E-state index >= 15 is 0 Å². The fourth-order valence-electron chi connectivity index (χ4n) is 1.04. The van der Waals surface area contributed by atoms with Gasteiger partial charge in [0, 0.05) is 18.2 Å². The molecule has 0 amide bonds. The average Bonchev–Trinajstić information content (AvgIpc) is 2.39. The Bertz CT molecular complexity index is 461. The molecule has 0 atom stereocenters. The van der Waals surface area contributed by atoms with Crippen LogP contribution in [0.1, 0.15) is 5.69 Å². The Morgan fingerprint density at radius 3 is 2.74 bits per heavy atom. The highest BCUT2D eigenvalue weighted by atomic mass is 35.5. The lowest BCUT2D eigenvalue weighted by Gasteiger charge is -2.06. The zero-order valence-electron chi connectivity index (χ0n) is 9.95. The van der Waals surface area contributed by atoms with Crippen LogP contribution < -0.4 is 10.5 Å². The van der Waals surface area contributed by atoms with Gasteiger partial charge in [0.05, 0.1) is 18.2 Å². The molecule has 3 N–H and O–H groups in total. The Kier molecular flexibility index (Phi) is 8.15. The first kappa shape index (κ1) is 17.1. The maximum atomic E-state index is 12.2. The number of aromatic nitrogens is 1. The van der Waals surface area contributed by atoms with E-state index in [0.29, 0.717) is 23.3 Å². The number of carboxylic acid groups (broad SMARTS) is 1. The molecule has 0 unspecified atom stereocenters. The first-order chi connectivity index (χ1) is 8.65. The molecule has 0 saturated carbocycles. The summed E-state index contributed by atoms with van der Waals surface area (Å²) in [5.74, 6) is -0.590. The number of aliphatic carboxylic acids is 1. The highest BCUT2D eigenvalue weighted by Crippen LogP contribution is 2.11. The van der Waals surface area contributed by atoms with Crippen LogP contribution in [0.15, 0.2) is 36.3 Å². The fraction of sp³-hybridized carbons (Fsp3) is 0.167. The number of hydrogen-bond donors (Lipinski definition) is 2. The molecular formula is C12H14ClFN2O3. The van der Waals surface area contributed by atoms with Crippen molar-refractivity contribution in [1.29, 1.82) is 0 Å². The third-order valence-corrected chi connectivity index (χ3v) is 2.00. The van der Waals surface area contributed by atoms with E-state index in [0.717, 1.165) is 6.08 Å². The van der Waals surface area contributed by atoms with Gasteiger partial charge in [-0.3, -0.25) is 4.98 Å². The van der Waals surface area contributed by atoms with Crippen LogP contribution in [-0.4, -0.2) is 29.2 Å². The summed E-state index contributed by atoms with van der Waals surface area (Å²) in [7, 11) is 0. The summed E-state index contributed by atoms with van der Waals surface area (Å²) in [6, 6.07) is 3.21. The molecule has 1 aromatic heterocycles. The van der Waals surface area contributed by atoms with Gasteiger partial charge in [0.25, 0.3) is 0 Å². The Morgan fingerprint density at radius 2 is 2.26 bits per heavy atom. The minimum absolute atomic E-state index is 0. The molecule has 1 rings (SSSR count). The van der Waals surface area contributed by atoms with E-state index in [2.05, 4.69) is 4.98 Å². The molecule has 0 radical (unpaired) electrons. The zero-order chi connectivity index (χ0) is 13.4. The molecule has 19 heavy (non-hydrogen) atoms. The van der Waals surface area contributed by atoms with Gasteiger partial charge < -0.3 is 15.6 Å². The van der Waals surface area contributed by atoms with Gasteiger partial charge in [-0.15, -0.1) is 12.4 Å². The number of nitrogens with zero attached hydrogens (tertiary/aromatic N) is 1. The molecule has 0 fully saturated rings. The van der Waals surface area contributed by atoms with Crippen molar-refractivity contribution in [3.63, 3.8) is 0 Å². The number of nitrogens with two attached hydrogens (primary N) is 1. The van der Waals surface area contributed by atoms with Crippen LogP contribution in [0.25, 0.3) is 6.08 Å². The lowest BCUT2D eigenvalue weighted by atomic mass is 10.3. The van der Waals surface area contributed by atoms with Gasteiger partial charge in [-0.25, -0.2) is 9.18 Å². The highest BCUT2D eigenvalue weighted by molar-refractivity contribution is 5.85. The van der Waals surface area contributed by atoms with E-state index in [1.165, 1.54) is 12.3 Å². The largest absolute Gasteiger partial charge is 0.487 e. The van der Waals surface area contributed by atoms with E-state index in [-0.39, 0.29) is 25.6 Å². The van der Waals surface area contributed by atoms with Gasteiger partial charge in [-0.1, -0.05) is 0 Å². The molecular weight excluding hydrogens is 275 g/mol. The predicted molar refractivity (Wildman–Crippen MR) is 71.9 cm³/mol. The maximum absolute atomic E-state index is 12.2. The van der Waals surface area contributed by atoms with Crippen molar-refractivity contribution in [3.8, 4) is 5.75 Å². The Balaban J connectivity index is 0.00000324. The maximum Gasteiger partial charge on any atom is 0.328 e. The quantitative estimate of drug-likeness (QED) is 0.780. The molecule has 5 nitrogen and oxygen atoms in total. The number of hydrogen-bond acceptors (Lipinski definition) is 4. The van der Waals surface area contributed by atoms with Crippen molar-refractivity contribution in [3.05, 3.63) is 42.0 Å². The third kappa shape index (κ3) is 6.54. The van der Waals surface area contributed by atoms with E-state index in [1.54, 1.807) is 12.1 Å². The second-order valence-corrected chi connectivity index (χ2v) is 3.35. The molecule has 0 aliphatic heterocycles. The molecule has 0 aromatic carbocycles. The lowest BCUT2D eigenvalue weighted by Crippen LogP contribution is -2.10. The number of carboxylic acids is 1. The van der Waals surface area contributed by atoms with E-state index in [1.807, 2.05) is 0 Å². The summed E-state index contributed by atoms with van der Waals surface area (Å²) in [6.07, 6.45) is 4.19. The summed E-state index contributed by atoms with van der Waals surface area (Å²) in [6.45, 7) is 0.141. The first-order valence-electron chi connectivity index (χ1n) is 5.13. The van der Waals surface area contributed by atoms with Gasteiger partial charge in [0.15, 0.2) is 0 Å². The second-order valence-electron chi connectivity index (χ2n) is 3.35. The summed E-state index contributed by atoms with van der Waals surface area (Å²) in [5.41, 5.74) is 6.10. The molecule has 7 heteroatoms. The number of halogens is 2. The molecule has 1 heterocycles. The normalized spacial score (nSPS) is 11.2. The van der Waals surface area contributed by atoms with Crippen molar-refractivity contribution < 1.29 is 19.0 Å². The summed E-state index contributed by atoms with van der Waals surface area (Å²) in [4.78, 5) is 14.3. The number of carbonyl (C=O) groups is 1. The molecule has 0 spiro atoms.